The molecule has 0 atom stereocenters. The van der Waals surface area contributed by atoms with Crippen LogP contribution in [0.1, 0.15) is 63.8 Å². The van der Waals surface area contributed by atoms with Gasteiger partial charge in [-0.2, -0.15) is 0 Å². The molecule has 0 bridgehead atoms. The van der Waals surface area contributed by atoms with Gasteiger partial charge in [0.25, 0.3) is 0 Å². The first-order valence-electron chi connectivity index (χ1n) is 10.9. The number of hydrogen-bond acceptors (Lipinski definition) is 1. The van der Waals surface area contributed by atoms with Crippen molar-refractivity contribution in [3.05, 3.63) is 81.9 Å². The Bertz CT molecular complexity index is 1080. The Labute approximate surface area is 194 Å². The van der Waals surface area contributed by atoms with Gasteiger partial charge >= 0.3 is 0 Å². The number of halogens is 1. The van der Waals surface area contributed by atoms with Gasteiger partial charge in [-0.05, 0) is 83.3 Å². The fraction of sp³-hybridized carbons (Fsp3) is 0.357. The van der Waals surface area contributed by atoms with Crippen molar-refractivity contribution in [2.24, 2.45) is 0 Å². The summed E-state index contributed by atoms with van der Waals surface area (Å²) in [5.74, 6) is 0. The van der Waals surface area contributed by atoms with Crippen LogP contribution in [0.5, 0.6) is 0 Å². The Morgan fingerprint density at radius 2 is 1.26 bits per heavy atom. The molecule has 3 aromatic rings. The van der Waals surface area contributed by atoms with Gasteiger partial charge in [0.2, 0.25) is 0 Å². The van der Waals surface area contributed by atoms with E-state index >= 15 is 0 Å². The minimum atomic E-state index is -0.00680. The fourth-order valence-corrected chi connectivity index (χ4v) is 4.30. The predicted molar refractivity (Wildman–Crippen MR) is 138 cm³/mol. The zero-order valence-corrected chi connectivity index (χ0v) is 20.9. The van der Waals surface area contributed by atoms with Gasteiger partial charge in [0.05, 0.1) is 5.69 Å². The molecule has 0 N–H and O–H groups in total. The highest BCUT2D eigenvalue weighted by Gasteiger charge is 2.22. The summed E-state index contributed by atoms with van der Waals surface area (Å²) in [5, 5.41) is 0.755. The number of anilines is 3. The van der Waals surface area contributed by atoms with Crippen LogP contribution >= 0.6 is 11.6 Å². The molecule has 31 heavy (non-hydrogen) atoms. The van der Waals surface area contributed by atoms with E-state index in [-0.39, 0.29) is 10.8 Å². The zero-order chi connectivity index (χ0) is 23.1. The van der Waals surface area contributed by atoms with Crippen molar-refractivity contribution in [2.75, 3.05) is 4.90 Å². The highest BCUT2D eigenvalue weighted by molar-refractivity contribution is 6.32. The monoisotopic (exact) mass is 429 g/mol. The molecule has 0 amide bonds. The molecule has 0 fully saturated rings. The van der Waals surface area contributed by atoms with E-state index in [0.717, 1.165) is 38.7 Å². The van der Waals surface area contributed by atoms with E-state index in [4.69, 9.17) is 19.4 Å². The van der Waals surface area contributed by atoms with Crippen LogP contribution < -0.4 is 10.4 Å². The summed E-state index contributed by atoms with van der Waals surface area (Å²) in [4.78, 5) is 2.32. The third-order valence-electron chi connectivity index (χ3n) is 5.71. The molecule has 0 aromatic heterocycles. The number of aryl methyl sites for hydroxylation is 2. The molecule has 0 saturated heterocycles. The lowest BCUT2D eigenvalue weighted by atomic mass is 9.82. The van der Waals surface area contributed by atoms with Crippen LogP contribution in [-0.2, 0) is 10.8 Å². The normalized spacial score (nSPS) is 12.2. The molecule has 0 aliphatic rings. The smallest absolute Gasteiger partial charge is 0.113 e. The maximum Gasteiger partial charge on any atom is 0.113 e. The standard InChI is InChI=1S/C28H33BClN/c1-18-12-23(30)13-19(2)26(18)31(24-11-9-10-20(15-24)27(3,4)5)25-16-21(28(6,7)8)14-22(29)17-25/h9-17H,1-8H3. The summed E-state index contributed by atoms with van der Waals surface area (Å²) in [5.41, 5.74) is 8.89. The summed E-state index contributed by atoms with van der Waals surface area (Å²) >= 11 is 6.38. The average molecular weight is 430 g/mol. The molecule has 0 saturated carbocycles. The Hall–Kier alpha value is -2.19. The lowest BCUT2D eigenvalue weighted by molar-refractivity contribution is 0.590. The van der Waals surface area contributed by atoms with Crippen molar-refractivity contribution in [2.45, 2.75) is 66.2 Å². The highest BCUT2D eigenvalue weighted by atomic mass is 35.5. The quantitative estimate of drug-likeness (QED) is 0.384. The van der Waals surface area contributed by atoms with E-state index in [1.807, 2.05) is 12.1 Å². The molecular formula is C28H33BClN. The van der Waals surface area contributed by atoms with Crippen LogP contribution in [0.2, 0.25) is 5.02 Å². The van der Waals surface area contributed by atoms with E-state index < -0.39 is 0 Å². The highest BCUT2D eigenvalue weighted by Crippen LogP contribution is 2.41. The first-order chi connectivity index (χ1) is 14.3. The van der Waals surface area contributed by atoms with E-state index in [1.54, 1.807) is 0 Å². The lowest BCUT2D eigenvalue weighted by Gasteiger charge is -2.32. The molecule has 0 aliphatic carbocycles. The molecule has 3 rings (SSSR count). The number of hydrogen-bond donors (Lipinski definition) is 0. The Kier molecular flexibility index (Phi) is 6.36. The minimum Gasteiger partial charge on any atom is -0.310 e. The first-order valence-corrected chi connectivity index (χ1v) is 11.2. The van der Waals surface area contributed by atoms with Gasteiger partial charge in [-0.1, -0.05) is 76.8 Å². The van der Waals surface area contributed by atoms with E-state index in [2.05, 4.69) is 103 Å². The van der Waals surface area contributed by atoms with Crippen LogP contribution in [-0.4, -0.2) is 7.85 Å². The molecule has 0 heterocycles. The summed E-state index contributed by atoms with van der Waals surface area (Å²) in [7, 11) is 6.40. The summed E-state index contributed by atoms with van der Waals surface area (Å²) in [6.45, 7) is 17.6. The van der Waals surface area contributed by atoms with Crippen molar-refractivity contribution in [1.82, 2.24) is 0 Å². The fourth-order valence-electron chi connectivity index (χ4n) is 3.97. The second kappa shape index (κ2) is 8.39. The molecule has 160 valence electrons. The molecular weight excluding hydrogens is 397 g/mol. The average Bonchev–Trinajstić information content (AvgIpc) is 2.62. The number of rotatable bonds is 3. The van der Waals surface area contributed by atoms with Gasteiger partial charge in [0.1, 0.15) is 7.85 Å². The van der Waals surface area contributed by atoms with Crippen LogP contribution in [0, 0.1) is 13.8 Å². The molecule has 3 aromatic carbocycles. The predicted octanol–water partition coefficient (Wildman–Crippen LogP) is 7.82. The second-order valence-electron chi connectivity index (χ2n) is 10.6. The van der Waals surface area contributed by atoms with Crippen LogP contribution in [0.4, 0.5) is 17.1 Å². The molecule has 2 radical (unpaired) electrons. The lowest BCUT2D eigenvalue weighted by Crippen LogP contribution is -2.20. The zero-order valence-electron chi connectivity index (χ0n) is 20.1. The Morgan fingerprint density at radius 3 is 1.81 bits per heavy atom. The van der Waals surface area contributed by atoms with Crippen LogP contribution in [0.3, 0.4) is 0 Å². The largest absolute Gasteiger partial charge is 0.310 e. The third-order valence-corrected chi connectivity index (χ3v) is 5.93. The molecule has 0 unspecified atom stereocenters. The van der Waals surface area contributed by atoms with Crippen molar-refractivity contribution in [3.8, 4) is 0 Å². The number of benzene rings is 3. The van der Waals surface area contributed by atoms with Gasteiger partial charge in [0.15, 0.2) is 0 Å². The van der Waals surface area contributed by atoms with Gasteiger partial charge < -0.3 is 4.90 Å². The van der Waals surface area contributed by atoms with Crippen LogP contribution in [0.25, 0.3) is 0 Å². The minimum absolute atomic E-state index is 0.00680. The van der Waals surface area contributed by atoms with E-state index in [9.17, 15) is 0 Å². The second-order valence-corrected chi connectivity index (χ2v) is 11.0. The molecule has 1 nitrogen and oxygen atoms in total. The van der Waals surface area contributed by atoms with Gasteiger partial charge in [-0.15, -0.1) is 0 Å². The molecule has 3 heteroatoms. The van der Waals surface area contributed by atoms with Crippen molar-refractivity contribution >= 4 is 42.0 Å². The van der Waals surface area contributed by atoms with E-state index in [1.165, 1.54) is 11.1 Å². The summed E-state index contributed by atoms with van der Waals surface area (Å²) in [6.07, 6.45) is 0. The Morgan fingerprint density at radius 1 is 0.710 bits per heavy atom. The molecule has 0 aliphatic heterocycles. The van der Waals surface area contributed by atoms with Gasteiger partial charge in [-0.3, -0.25) is 0 Å². The summed E-state index contributed by atoms with van der Waals surface area (Å²) < 4.78 is 0. The van der Waals surface area contributed by atoms with E-state index in [0.29, 0.717) is 0 Å². The third kappa shape index (κ3) is 5.18. The van der Waals surface area contributed by atoms with Crippen molar-refractivity contribution < 1.29 is 0 Å². The summed E-state index contributed by atoms with van der Waals surface area (Å²) in [6, 6.07) is 19.2. The van der Waals surface area contributed by atoms with Crippen LogP contribution in [0.15, 0.2) is 54.6 Å². The van der Waals surface area contributed by atoms with Crippen molar-refractivity contribution in [3.63, 3.8) is 0 Å². The Balaban J connectivity index is 2.34. The van der Waals surface area contributed by atoms with Gasteiger partial charge in [-0.25, -0.2) is 0 Å². The number of nitrogens with zero attached hydrogens (tertiary/aromatic N) is 1. The topological polar surface area (TPSA) is 3.24 Å². The SMILES string of the molecule is [B]c1cc(N(c2cccc(C(C)(C)C)c2)c2c(C)cc(Cl)cc2C)cc(C(C)(C)C)c1. The maximum atomic E-state index is 6.40. The van der Waals surface area contributed by atoms with Gasteiger partial charge in [0, 0.05) is 16.4 Å². The first kappa shape index (κ1) is 23.5. The molecule has 0 spiro atoms. The van der Waals surface area contributed by atoms with Crippen molar-refractivity contribution in [1.29, 1.82) is 0 Å². The maximum absolute atomic E-state index is 6.40.